The molecule has 1 N–H and O–H groups in total. The molecule has 0 spiro atoms. The first kappa shape index (κ1) is 15.1. The van der Waals surface area contributed by atoms with Crippen LogP contribution in [0.1, 0.15) is 12.0 Å². The lowest BCUT2D eigenvalue weighted by Gasteiger charge is -2.18. The van der Waals surface area contributed by atoms with E-state index in [1.165, 1.54) is 12.0 Å². The molecule has 0 saturated carbocycles. The molecule has 0 aliphatic carbocycles. The summed E-state index contributed by atoms with van der Waals surface area (Å²) < 4.78 is 5.25. The van der Waals surface area contributed by atoms with Gasteiger partial charge in [-0.15, -0.1) is 0 Å². The fraction of sp³-hybridized carbons (Fsp3) is 0.222. The Morgan fingerprint density at radius 3 is 2.48 bits per heavy atom. The first-order valence-corrected chi connectivity index (χ1v) is 7.43. The number of para-hydroxylation sites is 2. The number of methoxy groups -OCH3 is 1. The predicted octanol–water partition coefficient (Wildman–Crippen LogP) is 2.75. The van der Waals surface area contributed by atoms with Crippen LogP contribution in [0.4, 0.5) is 11.4 Å². The van der Waals surface area contributed by atoms with E-state index in [9.17, 15) is 9.59 Å². The zero-order valence-corrected chi connectivity index (χ0v) is 13.1. The topological polar surface area (TPSA) is 58.6 Å². The second-order valence-corrected chi connectivity index (χ2v) is 5.51. The fourth-order valence-corrected chi connectivity index (χ4v) is 2.66. The molecule has 1 atom stereocenters. The molecule has 5 heteroatoms. The van der Waals surface area contributed by atoms with Gasteiger partial charge >= 0.3 is 0 Å². The number of ether oxygens (including phenoxy) is 1. The van der Waals surface area contributed by atoms with Gasteiger partial charge in [-0.3, -0.25) is 9.59 Å². The minimum Gasteiger partial charge on any atom is -0.495 e. The SMILES string of the molecule is COc1ccccc1N1C(=O)CC(Nc2ccc(C)cc2)C1=O. The highest BCUT2D eigenvalue weighted by atomic mass is 16.5. The van der Waals surface area contributed by atoms with Gasteiger partial charge in [0.05, 0.1) is 19.2 Å². The zero-order chi connectivity index (χ0) is 16.4. The molecule has 2 aromatic rings. The van der Waals surface area contributed by atoms with Crippen LogP contribution in [-0.4, -0.2) is 25.0 Å². The van der Waals surface area contributed by atoms with E-state index in [1.807, 2.05) is 31.2 Å². The van der Waals surface area contributed by atoms with Crippen molar-refractivity contribution in [2.45, 2.75) is 19.4 Å². The van der Waals surface area contributed by atoms with Crippen LogP contribution < -0.4 is 15.0 Å². The number of rotatable bonds is 4. The number of carbonyl (C=O) groups is 2. The summed E-state index contributed by atoms with van der Waals surface area (Å²) in [6.07, 6.45) is 0.130. The number of amides is 2. The lowest BCUT2D eigenvalue weighted by Crippen LogP contribution is -2.35. The van der Waals surface area contributed by atoms with Gasteiger partial charge < -0.3 is 10.1 Å². The molecule has 1 saturated heterocycles. The van der Waals surface area contributed by atoms with Gasteiger partial charge in [0.25, 0.3) is 5.91 Å². The van der Waals surface area contributed by atoms with Crippen LogP contribution in [0.2, 0.25) is 0 Å². The number of hydrogen-bond donors (Lipinski definition) is 1. The predicted molar refractivity (Wildman–Crippen MR) is 88.7 cm³/mol. The molecular formula is C18H18N2O3. The van der Waals surface area contributed by atoms with Crippen LogP contribution in [0, 0.1) is 6.92 Å². The molecule has 1 aliphatic heterocycles. The van der Waals surface area contributed by atoms with E-state index in [1.54, 1.807) is 24.3 Å². The van der Waals surface area contributed by atoms with E-state index >= 15 is 0 Å². The molecule has 2 amide bonds. The molecule has 23 heavy (non-hydrogen) atoms. The Morgan fingerprint density at radius 1 is 1.09 bits per heavy atom. The van der Waals surface area contributed by atoms with E-state index < -0.39 is 6.04 Å². The Kier molecular flexibility index (Phi) is 4.02. The lowest BCUT2D eigenvalue weighted by molar-refractivity contribution is -0.121. The van der Waals surface area contributed by atoms with Crippen LogP contribution in [0.5, 0.6) is 5.75 Å². The molecule has 1 heterocycles. The Balaban J connectivity index is 1.84. The maximum absolute atomic E-state index is 12.6. The Bertz CT molecular complexity index is 740. The van der Waals surface area contributed by atoms with Gasteiger partial charge in [-0.05, 0) is 31.2 Å². The maximum atomic E-state index is 12.6. The minimum absolute atomic E-state index is 0.130. The number of carbonyl (C=O) groups excluding carboxylic acids is 2. The number of benzene rings is 2. The third kappa shape index (κ3) is 2.90. The second kappa shape index (κ2) is 6.12. The summed E-state index contributed by atoms with van der Waals surface area (Å²) in [7, 11) is 1.52. The summed E-state index contributed by atoms with van der Waals surface area (Å²) in [5.41, 5.74) is 2.45. The normalized spacial score (nSPS) is 17.5. The number of anilines is 2. The zero-order valence-electron chi connectivity index (χ0n) is 13.1. The summed E-state index contributed by atoms with van der Waals surface area (Å²) in [4.78, 5) is 26.2. The van der Waals surface area contributed by atoms with Crippen molar-refractivity contribution in [2.24, 2.45) is 0 Å². The first-order chi connectivity index (χ1) is 11.1. The van der Waals surface area contributed by atoms with Gasteiger partial charge in [-0.2, -0.15) is 0 Å². The summed E-state index contributed by atoms with van der Waals surface area (Å²) >= 11 is 0. The molecular weight excluding hydrogens is 292 g/mol. The Morgan fingerprint density at radius 2 is 1.78 bits per heavy atom. The second-order valence-electron chi connectivity index (χ2n) is 5.51. The van der Waals surface area contributed by atoms with Crippen molar-refractivity contribution in [3.63, 3.8) is 0 Å². The number of nitrogens with zero attached hydrogens (tertiary/aromatic N) is 1. The highest BCUT2D eigenvalue weighted by Crippen LogP contribution is 2.32. The fourth-order valence-electron chi connectivity index (χ4n) is 2.66. The molecule has 1 unspecified atom stereocenters. The molecule has 0 aromatic heterocycles. The summed E-state index contributed by atoms with van der Waals surface area (Å²) in [6, 6.07) is 14.2. The smallest absolute Gasteiger partial charge is 0.256 e. The molecule has 0 bridgehead atoms. The van der Waals surface area contributed by atoms with E-state index in [0.717, 1.165) is 11.3 Å². The van der Waals surface area contributed by atoms with Gasteiger partial charge in [0, 0.05) is 5.69 Å². The van der Waals surface area contributed by atoms with Gasteiger partial charge in [0.15, 0.2) is 0 Å². The molecule has 1 fully saturated rings. The molecule has 5 nitrogen and oxygen atoms in total. The van der Waals surface area contributed by atoms with E-state index in [-0.39, 0.29) is 18.2 Å². The van der Waals surface area contributed by atoms with Gasteiger partial charge in [0.2, 0.25) is 5.91 Å². The van der Waals surface area contributed by atoms with Crippen LogP contribution in [-0.2, 0) is 9.59 Å². The lowest BCUT2D eigenvalue weighted by atomic mass is 10.2. The van der Waals surface area contributed by atoms with E-state index in [2.05, 4.69) is 5.32 Å². The van der Waals surface area contributed by atoms with Crippen molar-refractivity contribution >= 4 is 23.2 Å². The first-order valence-electron chi connectivity index (χ1n) is 7.43. The number of aryl methyl sites for hydroxylation is 1. The average molecular weight is 310 g/mol. The summed E-state index contributed by atoms with van der Waals surface area (Å²) in [5.74, 6) is 0.00868. The summed E-state index contributed by atoms with van der Waals surface area (Å²) in [5, 5.41) is 3.13. The largest absolute Gasteiger partial charge is 0.495 e. The highest BCUT2D eigenvalue weighted by molar-refractivity contribution is 6.23. The summed E-state index contributed by atoms with van der Waals surface area (Å²) in [6.45, 7) is 2.00. The third-order valence-corrected chi connectivity index (χ3v) is 3.87. The van der Waals surface area contributed by atoms with Gasteiger partial charge in [-0.1, -0.05) is 29.8 Å². The molecule has 0 radical (unpaired) electrons. The quantitative estimate of drug-likeness (QED) is 0.882. The molecule has 118 valence electrons. The van der Waals surface area contributed by atoms with Crippen molar-refractivity contribution in [1.82, 2.24) is 0 Å². The molecule has 1 aliphatic rings. The van der Waals surface area contributed by atoms with Crippen LogP contribution in [0.25, 0.3) is 0 Å². The number of hydrogen-bond acceptors (Lipinski definition) is 4. The van der Waals surface area contributed by atoms with Crippen molar-refractivity contribution < 1.29 is 14.3 Å². The van der Waals surface area contributed by atoms with E-state index in [0.29, 0.717) is 11.4 Å². The monoisotopic (exact) mass is 310 g/mol. The number of nitrogens with one attached hydrogen (secondary N) is 1. The van der Waals surface area contributed by atoms with Crippen molar-refractivity contribution in [2.75, 3.05) is 17.3 Å². The Labute approximate surface area is 134 Å². The van der Waals surface area contributed by atoms with E-state index in [4.69, 9.17) is 4.74 Å². The number of imide groups is 1. The minimum atomic E-state index is -0.560. The molecule has 3 rings (SSSR count). The molecule has 2 aromatic carbocycles. The standard InChI is InChI=1S/C18H18N2O3/c1-12-7-9-13(10-8-12)19-14-11-17(21)20(18(14)22)15-5-3-4-6-16(15)23-2/h3-10,14,19H,11H2,1-2H3. The van der Waals surface area contributed by atoms with Crippen molar-refractivity contribution in [3.8, 4) is 5.75 Å². The highest BCUT2D eigenvalue weighted by Gasteiger charge is 2.40. The average Bonchev–Trinajstić information content (AvgIpc) is 2.83. The maximum Gasteiger partial charge on any atom is 0.256 e. The van der Waals surface area contributed by atoms with Crippen molar-refractivity contribution in [3.05, 3.63) is 54.1 Å². The third-order valence-electron chi connectivity index (χ3n) is 3.87. The Hall–Kier alpha value is -2.82. The van der Waals surface area contributed by atoms with Crippen LogP contribution in [0.15, 0.2) is 48.5 Å². The van der Waals surface area contributed by atoms with Crippen LogP contribution in [0.3, 0.4) is 0 Å². The van der Waals surface area contributed by atoms with Gasteiger partial charge in [0.1, 0.15) is 11.8 Å². The van der Waals surface area contributed by atoms with Gasteiger partial charge in [-0.25, -0.2) is 4.90 Å². The van der Waals surface area contributed by atoms with Crippen LogP contribution >= 0.6 is 0 Å². The van der Waals surface area contributed by atoms with Crippen molar-refractivity contribution in [1.29, 1.82) is 0 Å².